The maximum absolute atomic E-state index is 2.75. The number of hydrogen-bond acceptors (Lipinski definition) is 1. The minimum Gasteiger partial charge on any atom is -1.00 e. The Balaban J connectivity index is 0.00000144. The smallest absolute Gasteiger partial charge is 1.00 e. The van der Waals surface area contributed by atoms with E-state index in [4.69, 9.17) is 0 Å². The normalized spacial score (nSPS) is 15.4. The molecule has 0 saturated carbocycles. The Morgan fingerprint density at radius 1 is 0.886 bits per heavy atom. The Hall–Kier alpha value is -1.83. The fourth-order valence-corrected chi connectivity index (χ4v) is 13.6. The van der Waals surface area contributed by atoms with Crippen LogP contribution < -0.4 is 28.1 Å². The molecule has 0 fully saturated rings. The molecule has 1 heterocycles. The first-order valence-corrected chi connectivity index (χ1v) is 16.5. The number of benzene rings is 3. The van der Waals surface area contributed by atoms with Gasteiger partial charge in [-0.25, -0.2) is 0 Å². The topological polar surface area (TPSA) is 0 Å². The number of allylic oxidation sites excluding steroid dienone is 4. The van der Waals surface area contributed by atoms with Gasteiger partial charge in [-0.3, -0.25) is 0 Å². The summed E-state index contributed by atoms with van der Waals surface area (Å²) >= 11 is -0.517. The molecule has 35 heavy (non-hydrogen) atoms. The van der Waals surface area contributed by atoms with Crippen molar-refractivity contribution in [1.29, 1.82) is 0 Å². The van der Waals surface area contributed by atoms with E-state index >= 15 is 0 Å². The van der Waals surface area contributed by atoms with E-state index in [9.17, 15) is 0 Å². The first-order chi connectivity index (χ1) is 16.3. The molecule has 0 amide bonds. The summed E-state index contributed by atoms with van der Waals surface area (Å²) in [6, 6.07) is 29.4. The quantitative estimate of drug-likeness (QED) is 0.288. The summed E-state index contributed by atoms with van der Waals surface area (Å²) in [5.41, 5.74) is 10.3. The standard InChI is InChI=1S/C13H9.C10H9S.C8H8.2ClH.Zr/c1-3-7-12-10(5-1)9-11-6-2-4-8-13(11)12;1-8-2-3-9(6-8)10-4-5-11-7-10;1-2-8-6-4-3-5-7-8;;;/h1-5,7-8H,9H2;2-5,7-8H,1H3;1,3-7H,2H2;2*1H;/q;;;;;+2/p-2. The van der Waals surface area contributed by atoms with Gasteiger partial charge in [0.15, 0.2) is 0 Å². The van der Waals surface area contributed by atoms with Gasteiger partial charge in [0.1, 0.15) is 0 Å². The van der Waals surface area contributed by atoms with Gasteiger partial charge in [0, 0.05) is 0 Å². The van der Waals surface area contributed by atoms with Crippen LogP contribution in [0.25, 0.3) is 16.7 Å². The third-order valence-electron chi connectivity index (χ3n) is 6.95. The molecule has 2 aliphatic carbocycles. The number of rotatable bonds is 5. The SMILES string of the molecule is CC1C=CC(c2ccsc2)=[C]1[Zr+2](=[CH]Cc1ccccc1)[c]1cccc2c1Cc1ccccc1-2.[Cl-].[Cl-]. The van der Waals surface area contributed by atoms with Crippen molar-refractivity contribution in [3.8, 4) is 11.1 Å². The van der Waals surface area contributed by atoms with E-state index < -0.39 is 21.3 Å². The van der Waals surface area contributed by atoms with Gasteiger partial charge in [0.05, 0.1) is 0 Å². The van der Waals surface area contributed by atoms with Gasteiger partial charge in [-0.05, 0) is 0 Å². The van der Waals surface area contributed by atoms with Crippen LogP contribution in [0, 0.1) is 5.92 Å². The van der Waals surface area contributed by atoms with Crippen LogP contribution in [0.4, 0.5) is 0 Å². The second-order valence-corrected chi connectivity index (χ2v) is 15.4. The predicted octanol–water partition coefficient (Wildman–Crippen LogP) is 1.23. The molecular formula is C31H26Cl2SZr. The first-order valence-electron chi connectivity index (χ1n) is 11.7. The summed E-state index contributed by atoms with van der Waals surface area (Å²) in [4.78, 5) is 0. The molecule has 0 saturated heterocycles. The molecule has 1 unspecified atom stereocenters. The average Bonchev–Trinajstić information content (AvgIpc) is 3.59. The molecule has 1 aromatic heterocycles. The molecule has 4 aromatic rings. The second-order valence-electron chi connectivity index (χ2n) is 8.96. The van der Waals surface area contributed by atoms with Gasteiger partial charge in [0.2, 0.25) is 0 Å². The van der Waals surface area contributed by atoms with Gasteiger partial charge >= 0.3 is 209 Å². The molecule has 2 aliphatic rings. The van der Waals surface area contributed by atoms with Crippen LogP contribution in [-0.2, 0) is 34.1 Å². The summed E-state index contributed by atoms with van der Waals surface area (Å²) in [5, 5.41) is 4.53. The second kappa shape index (κ2) is 11.5. The van der Waals surface area contributed by atoms with E-state index in [1.807, 2.05) is 0 Å². The van der Waals surface area contributed by atoms with Crippen molar-refractivity contribution in [3.05, 3.63) is 127 Å². The van der Waals surface area contributed by atoms with Crippen LogP contribution in [0.1, 0.15) is 29.2 Å². The van der Waals surface area contributed by atoms with Crippen LogP contribution in [0.2, 0.25) is 0 Å². The van der Waals surface area contributed by atoms with E-state index in [-0.39, 0.29) is 24.8 Å². The Bertz CT molecular complexity index is 1420. The van der Waals surface area contributed by atoms with Gasteiger partial charge in [0.25, 0.3) is 0 Å². The Morgan fingerprint density at radius 2 is 1.66 bits per heavy atom. The largest absolute Gasteiger partial charge is 1.00 e. The van der Waals surface area contributed by atoms with Crippen molar-refractivity contribution in [1.82, 2.24) is 0 Å². The molecule has 0 spiro atoms. The summed E-state index contributed by atoms with van der Waals surface area (Å²) in [7, 11) is 0. The zero-order valence-corrected chi connectivity index (χ0v) is 24.3. The molecular weight excluding hydrogens is 567 g/mol. The van der Waals surface area contributed by atoms with Crippen molar-refractivity contribution >= 4 is 23.9 Å². The van der Waals surface area contributed by atoms with Gasteiger partial charge < -0.3 is 24.8 Å². The zero-order chi connectivity index (χ0) is 22.2. The van der Waals surface area contributed by atoms with Crippen LogP contribution in [-0.4, -0.2) is 3.71 Å². The fraction of sp³-hybridized carbons (Fsp3) is 0.129. The Labute approximate surface area is 232 Å². The van der Waals surface area contributed by atoms with Crippen molar-refractivity contribution in [2.45, 2.75) is 19.8 Å². The minimum absolute atomic E-state index is 0. The van der Waals surface area contributed by atoms with Crippen LogP contribution in [0.5, 0.6) is 0 Å². The van der Waals surface area contributed by atoms with Gasteiger partial charge in [-0.2, -0.15) is 0 Å². The van der Waals surface area contributed by atoms with E-state index in [0.29, 0.717) is 5.92 Å². The van der Waals surface area contributed by atoms with Crippen molar-refractivity contribution in [2.75, 3.05) is 0 Å². The maximum atomic E-state index is 2.75. The summed E-state index contributed by atoms with van der Waals surface area (Å²) in [5.74, 6) is 0.515. The summed E-state index contributed by atoms with van der Waals surface area (Å²) in [6.45, 7) is 2.40. The van der Waals surface area contributed by atoms with E-state index in [2.05, 4.69) is 112 Å². The zero-order valence-electron chi connectivity index (χ0n) is 19.5. The number of fused-ring (bicyclic) bond motifs is 3. The van der Waals surface area contributed by atoms with Crippen molar-refractivity contribution < 1.29 is 46.1 Å². The molecule has 1 atom stereocenters. The van der Waals surface area contributed by atoms with Crippen LogP contribution in [0.3, 0.4) is 0 Å². The minimum atomic E-state index is -2.32. The first kappa shape index (κ1) is 26.2. The molecule has 174 valence electrons. The van der Waals surface area contributed by atoms with E-state index in [1.165, 1.54) is 33.4 Å². The monoisotopic (exact) mass is 590 g/mol. The molecule has 0 nitrogen and oxygen atoms in total. The molecule has 0 N–H and O–H groups in total. The van der Waals surface area contributed by atoms with Gasteiger partial charge in [-0.15, -0.1) is 0 Å². The van der Waals surface area contributed by atoms with Crippen molar-refractivity contribution in [2.24, 2.45) is 5.92 Å². The Morgan fingerprint density at radius 3 is 2.46 bits per heavy atom. The third-order valence-corrected chi connectivity index (χ3v) is 14.9. The molecule has 3 aromatic carbocycles. The van der Waals surface area contributed by atoms with Gasteiger partial charge in [-0.1, -0.05) is 0 Å². The average molecular weight is 593 g/mol. The number of hydrogen-bond donors (Lipinski definition) is 0. The van der Waals surface area contributed by atoms with E-state index in [0.717, 1.165) is 12.8 Å². The third kappa shape index (κ3) is 5.05. The fourth-order valence-electron chi connectivity index (χ4n) is 5.34. The molecule has 4 heteroatoms. The summed E-state index contributed by atoms with van der Waals surface area (Å²) in [6.07, 6.45) is 6.96. The van der Waals surface area contributed by atoms with Crippen LogP contribution >= 0.6 is 11.3 Å². The number of thiophene rings is 1. The van der Waals surface area contributed by atoms with Crippen molar-refractivity contribution in [3.63, 3.8) is 0 Å². The number of halogens is 2. The van der Waals surface area contributed by atoms with E-state index in [1.54, 1.807) is 23.5 Å². The summed E-state index contributed by atoms with van der Waals surface area (Å²) < 4.78 is 6.15. The molecule has 0 bridgehead atoms. The predicted molar refractivity (Wildman–Crippen MR) is 140 cm³/mol. The molecule has 0 radical (unpaired) electrons. The van der Waals surface area contributed by atoms with Crippen LogP contribution in [0.15, 0.2) is 105 Å². The molecule has 6 rings (SSSR count). The maximum Gasteiger partial charge on any atom is -1.00 e. The Kier molecular flexibility index (Phi) is 8.61. The molecule has 0 aliphatic heterocycles.